The minimum absolute atomic E-state index is 0.0176. The summed E-state index contributed by atoms with van der Waals surface area (Å²) in [5.41, 5.74) is 5.18. The molecule has 0 aliphatic carbocycles. The van der Waals surface area contributed by atoms with Crippen LogP contribution < -0.4 is 5.73 Å². The third-order valence-corrected chi connectivity index (χ3v) is 3.31. The van der Waals surface area contributed by atoms with E-state index in [1.54, 1.807) is 4.90 Å². The van der Waals surface area contributed by atoms with Gasteiger partial charge in [0.25, 0.3) is 0 Å². The van der Waals surface area contributed by atoms with Crippen molar-refractivity contribution in [1.82, 2.24) is 4.90 Å². The minimum atomic E-state index is -0.815. The molecule has 2 aliphatic rings. The molecule has 2 saturated heterocycles. The topological polar surface area (TPSA) is 75.8 Å². The molecule has 2 rings (SSSR count). The van der Waals surface area contributed by atoms with Gasteiger partial charge in [-0.05, 0) is 12.8 Å². The second kappa shape index (κ2) is 4.08. The standard InChI is InChI=1S/C10H18N2O3/c11-10(2-4-15-7-10)9(14)12-3-1-8(5-12)6-13/h8,13H,1-7,11H2. The minimum Gasteiger partial charge on any atom is -0.396 e. The Labute approximate surface area is 89.2 Å². The molecular formula is C10H18N2O3. The molecule has 1 amide bonds. The maximum Gasteiger partial charge on any atom is 0.245 e. The highest BCUT2D eigenvalue weighted by Gasteiger charge is 2.42. The maximum absolute atomic E-state index is 12.1. The van der Waals surface area contributed by atoms with Gasteiger partial charge in [0.15, 0.2) is 0 Å². The molecular weight excluding hydrogens is 196 g/mol. The van der Waals surface area contributed by atoms with Crippen molar-refractivity contribution < 1.29 is 14.6 Å². The smallest absolute Gasteiger partial charge is 0.245 e. The average Bonchev–Trinajstić information content (AvgIpc) is 2.85. The normalized spacial score (nSPS) is 36.1. The number of aliphatic hydroxyl groups excluding tert-OH is 1. The van der Waals surface area contributed by atoms with Gasteiger partial charge in [0.05, 0.1) is 6.61 Å². The fourth-order valence-electron chi connectivity index (χ4n) is 2.23. The van der Waals surface area contributed by atoms with Gasteiger partial charge in [0.1, 0.15) is 5.54 Å². The van der Waals surface area contributed by atoms with Crippen LogP contribution in [0.5, 0.6) is 0 Å². The monoisotopic (exact) mass is 214 g/mol. The lowest BCUT2D eigenvalue weighted by atomic mass is 9.98. The molecule has 0 aromatic heterocycles. The quantitative estimate of drug-likeness (QED) is 0.614. The average molecular weight is 214 g/mol. The van der Waals surface area contributed by atoms with Crippen LogP contribution in [0.4, 0.5) is 0 Å². The van der Waals surface area contributed by atoms with Crippen molar-refractivity contribution in [3.05, 3.63) is 0 Å². The summed E-state index contributed by atoms with van der Waals surface area (Å²) in [6, 6.07) is 0. The SMILES string of the molecule is NC1(C(=O)N2CCC(CO)C2)CCOC1. The first kappa shape index (κ1) is 10.9. The van der Waals surface area contributed by atoms with E-state index in [0.29, 0.717) is 32.7 Å². The van der Waals surface area contributed by atoms with Crippen molar-refractivity contribution in [2.24, 2.45) is 11.7 Å². The summed E-state index contributed by atoms with van der Waals surface area (Å²) in [5, 5.41) is 9.00. The van der Waals surface area contributed by atoms with Gasteiger partial charge in [0, 0.05) is 32.2 Å². The number of likely N-dealkylation sites (tertiary alicyclic amines) is 1. The summed E-state index contributed by atoms with van der Waals surface area (Å²) in [6.45, 7) is 2.39. The summed E-state index contributed by atoms with van der Waals surface area (Å²) in [4.78, 5) is 13.8. The van der Waals surface area contributed by atoms with Crippen LogP contribution in [-0.4, -0.2) is 54.4 Å². The number of carbonyl (C=O) groups excluding carboxylic acids is 1. The van der Waals surface area contributed by atoms with E-state index < -0.39 is 5.54 Å². The molecule has 0 aromatic carbocycles. The highest BCUT2D eigenvalue weighted by atomic mass is 16.5. The molecule has 5 nitrogen and oxygen atoms in total. The number of aliphatic hydroxyl groups is 1. The van der Waals surface area contributed by atoms with Crippen LogP contribution in [0.2, 0.25) is 0 Å². The highest BCUT2D eigenvalue weighted by molar-refractivity contribution is 5.86. The van der Waals surface area contributed by atoms with E-state index in [4.69, 9.17) is 15.6 Å². The fourth-order valence-corrected chi connectivity index (χ4v) is 2.23. The third-order valence-electron chi connectivity index (χ3n) is 3.31. The van der Waals surface area contributed by atoms with Crippen LogP contribution in [0, 0.1) is 5.92 Å². The Bertz CT molecular complexity index is 251. The Hall–Kier alpha value is -0.650. The molecule has 5 heteroatoms. The van der Waals surface area contributed by atoms with E-state index in [1.165, 1.54) is 0 Å². The summed E-state index contributed by atoms with van der Waals surface area (Å²) < 4.78 is 5.17. The van der Waals surface area contributed by atoms with Gasteiger partial charge >= 0.3 is 0 Å². The summed E-state index contributed by atoms with van der Waals surface area (Å²) >= 11 is 0. The van der Waals surface area contributed by atoms with Crippen LogP contribution in [-0.2, 0) is 9.53 Å². The Morgan fingerprint density at radius 1 is 1.67 bits per heavy atom. The number of hydrogen-bond donors (Lipinski definition) is 2. The van der Waals surface area contributed by atoms with Crippen LogP contribution in [0.3, 0.4) is 0 Å². The maximum atomic E-state index is 12.1. The van der Waals surface area contributed by atoms with Crippen molar-refractivity contribution >= 4 is 5.91 Å². The zero-order chi connectivity index (χ0) is 10.9. The first-order valence-electron chi connectivity index (χ1n) is 5.42. The van der Waals surface area contributed by atoms with Crippen molar-refractivity contribution in [3.63, 3.8) is 0 Å². The number of ether oxygens (including phenoxy) is 1. The van der Waals surface area contributed by atoms with E-state index in [9.17, 15) is 4.79 Å². The van der Waals surface area contributed by atoms with Gasteiger partial charge < -0.3 is 20.5 Å². The number of amides is 1. The van der Waals surface area contributed by atoms with Gasteiger partial charge in [-0.2, -0.15) is 0 Å². The van der Waals surface area contributed by atoms with Gasteiger partial charge in [0.2, 0.25) is 5.91 Å². The van der Waals surface area contributed by atoms with E-state index in [0.717, 1.165) is 6.42 Å². The largest absolute Gasteiger partial charge is 0.396 e. The predicted octanol–water partition coefficient (Wildman–Crippen LogP) is -1.05. The second-order valence-electron chi connectivity index (χ2n) is 4.55. The van der Waals surface area contributed by atoms with E-state index in [2.05, 4.69) is 0 Å². The number of nitrogens with zero attached hydrogens (tertiary/aromatic N) is 1. The lowest BCUT2D eigenvalue weighted by Crippen LogP contribution is -2.55. The molecule has 2 aliphatic heterocycles. The number of carbonyl (C=O) groups is 1. The molecule has 15 heavy (non-hydrogen) atoms. The van der Waals surface area contributed by atoms with Gasteiger partial charge in [-0.3, -0.25) is 4.79 Å². The predicted molar refractivity (Wildman–Crippen MR) is 54.1 cm³/mol. The fraction of sp³-hybridized carbons (Fsp3) is 0.900. The van der Waals surface area contributed by atoms with Gasteiger partial charge in [-0.1, -0.05) is 0 Å². The molecule has 0 spiro atoms. The van der Waals surface area contributed by atoms with Crippen LogP contribution in [0.1, 0.15) is 12.8 Å². The van der Waals surface area contributed by atoms with Gasteiger partial charge in [-0.25, -0.2) is 0 Å². The molecule has 2 heterocycles. The van der Waals surface area contributed by atoms with Crippen LogP contribution in [0.15, 0.2) is 0 Å². The number of nitrogens with two attached hydrogens (primary N) is 1. The lowest BCUT2D eigenvalue weighted by Gasteiger charge is -2.27. The third kappa shape index (κ3) is 2.00. The molecule has 0 bridgehead atoms. The van der Waals surface area contributed by atoms with Gasteiger partial charge in [-0.15, -0.1) is 0 Å². The second-order valence-corrected chi connectivity index (χ2v) is 4.55. The number of rotatable bonds is 2. The molecule has 3 N–H and O–H groups in total. The first-order chi connectivity index (χ1) is 7.15. The molecule has 86 valence electrons. The van der Waals surface area contributed by atoms with E-state index >= 15 is 0 Å². The molecule has 0 aromatic rings. The van der Waals surface area contributed by atoms with Crippen LogP contribution in [0.25, 0.3) is 0 Å². The van der Waals surface area contributed by atoms with Crippen molar-refractivity contribution in [3.8, 4) is 0 Å². The molecule has 2 atom stereocenters. The first-order valence-corrected chi connectivity index (χ1v) is 5.42. The Kier molecular flexibility index (Phi) is 2.95. The Morgan fingerprint density at radius 2 is 2.47 bits per heavy atom. The highest BCUT2D eigenvalue weighted by Crippen LogP contribution is 2.23. The number of hydrogen-bond acceptors (Lipinski definition) is 4. The van der Waals surface area contributed by atoms with Crippen LogP contribution >= 0.6 is 0 Å². The summed E-state index contributed by atoms with van der Waals surface area (Å²) in [7, 11) is 0. The van der Waals surface area contributed by atoms with E-state index in [-0.39, 0.29) is 18.4 Å². The molecule has 0 saturated carbocycles. The Balaban J connectivity index is 1.96. The van der Waals surface area contributed by atoms with Crippen molar-refractivity contribution in [1.29, 1.82) is 0 Å². The zero-order valence-corrected chi connectivity index (χ0v) is 8.82. The van der Waals surface area contributed by atoms with E-state index in [1.807, 2.05) is 0 Å². The lowest BCUT2D eigenvalue weighted by molar-refractivity contribution is -0.136. The van der Waals surface area contributed by atoms with Crippen molar-refractivity contribution in [2.45, 2.75) is 18.4 Å². The molecule has 0 radical (unpaired) electrons. The molecule has 2 unspecified atom stereocenters. The van der Waals surface area contributed by atoms with Crippen molar-refractivity contribution in [2.75, 3.05) is 32.9 Å². The summed E-state index contributed by atoms with van der Waals surface area (Å²) in [6.07, 6.45) is 1.48. The zero-order valence-electron chi connectivity index (χ0n) is 8.82. The summed E-state index contributed by atoms with van der Waals surface area (Å²) in [5.74, 6) is 0.204. The molecule has 2 fully saturated rings. The Morgan fingerprint density at radius 3 is 3.00 bits per heavy atom.